The Kier molecular flexibility index (Phi) is 5.13. The summed E-state index contributed by atoms with van der Waals surface area (Å²) in [6, 6.07) is 9.46. The Hall–Kier alpha value is -3.65. The van der Waals surface area contributed by atoms with E-state index in [4.69, 9.17) is 4.74 Å². The lowest BCUT2D eigenvalue weighted by molar-refractivity contribution is 0.194. The van der Waals surface area contributed by atoms with Crippen LogP contribution in [-0.4, -0.2) is 42.7 Å². The van der Waals surface area contributed by atoms with E-state index in [0.29, 0.717) is 23.9 Å². The van der Waals surface area contributed by atoms with Gasteiger partial charge in [0.05, 0.1) is 19.0 Å². The molecule has 0 N–H and O–H groups in total. The topological polar surface area (TPSA) is 87.7 Å². The molecule has 8 nitrogen and oxygen atoms in total. The second-order valence-electron chi connectivity index (χ2n) is 7.72. The summed E-state index contributed by atoms with van der Waals surface area (Å²) in [5, 5.41) is 8.68. The molecule has 0 bridgehead atoms. The van der Waals surface area contributed by atoms with Gasteiger partial charge in [-0.25, -0.2) is 14.6 Å². The molecule has 4 aromatic rings. The molecule has 1 fully saturated rings. The second kappa shape index (κ2) is 8.23. The highest BCUT2D eigenvalue weighted by Crippen LogP contribution is 2.25. The molecule has 1 aliphatic rings. The van der Waals surface area contributed by atoms with Crippen LogP contribution in [0.3, 0.4) is 0 Å². The van der Waals surface area contributed by atoms with E-state index >= 15 is 0 Å². The Morgan fingerprint density at radius 3 is 2.77 bits per heavy atom. The highest BCUT2D eigenvalue weighted by Gasteiger charge is 2.18. The maximum atomic E-state index is 12.4. The quantitative estimate of drug-likeness (QED) is 0.499. The fourth-order valence-electron chi connectivity index (χ4n) is 3.75. The Morgan fingerprint density at radius 2 is 2.03 bits per heavy atom. The molecule has 0 aliphatic carbocycles. The molecule has 0 radical (unpaired) electrons. The molecule has 0 saturated carbocycles. The minimum atomic E-state index is -0.0927. The van der Waals surface area contributed by atoms with Crippen LogP contribution < -0.4 is 5.43 Å². The van der Waals surface area contributed by atoms with E-state index < -0.39 is 0 Å². The number of hydrogen-bond donors (Lipinski definition) is 0. The van der Waals surface area contributed by atoms with Crippen molar-refractivity contribution in [1.82, 2.24) is 29.5 Å². The monoisotopic (exact) mass is 414 g/mol. The maximum Gasteiger partial charge on any atom is 0.203 e. The van der Waals surface area contributed by atoms with Crippen molar-refractivity contribution < 1.29 is 4.74 Å². The number of aryl methyl sites for hydroxylation is 1. The molecule has 8 heteroatoms. The van der Waals surface area contributed by atoms with Crippen LogP contribution in [0.4, 0.5) is 0 Å². The zero-order chi connectivity index (χ0) is 21.2. The van der Waals surface area contributed by atoms with Crippen molar-refractivity contribution in [2.75, 3.05) is 13.2 Å². The summed E-state index contributed by atoms with van der Waals surface area (Å²) in [5.41, 5.74) is 4.18. The van der Waals surface area contributed by atoms with E-state index in [9.17, 15) is 4.79 Å². The molecule has 1 unspecified atom stereocenters. The van der Waals surface area contributed by atoms with Crippen LogP contribution in [0.5, 0.6) is 0 Å². The zero-order valence-corrected chi connectivity index (χ0v) is 17.2. The minimum absolute atomic E-state index is 0.0927. The van der Waals surface area contributed by atoms with Gasteiger partial charge in [0, 0.05) is 56.2 Å². The average Bonchev–Trinajstić information content (AvgIpc) is 3.48. The molecule has 1 atom stereocenters. The van der Waals surface area contributed by atoms with Gasteiger partial charge >= 0.3 is 0 Å². The number of aromatic nitrogens is 6. The first-order valence-corrected chi connectivity index (χ1v) is 10.2. The second-order valence-corrected chi connectivity index (χ2v) is 7.72. The molecular formula is C23H22N6O2. The van der Waals surface area contributed by atoms with Crippen molar-refractivity contribution in [2.24, 2.45) is 7.05 Å². The Labute approximate surface area is 179 Å². The molecule has 4 heterocycles. The molecule has 156 valence electrons. The van der Waals surface area contributed by atoms with Gasteiger partial charge in [0.25, 0.3) is 0 Å². The van der Waals surface area contributed by atoms with Gasteiger partial charge in [-0.1, -0.05) is 18.2 Å². The van der Waals surface area contributed by atoms with Gasteiger partial charge in [0.1, 0.15) is 11.4 Å². The van der Waals surface area contributed by atoms with Crippen LogP contribution in [0.2, 0.25) is 0 Å². The first-order valence-electron chi connectivity index (χ1n) is 10.2. The third kappa shape index (κ3) is 4.15. The Morgan fingerprint density at radius 1 is 1.16 bits per heavy atom. The SMILES string of the molecule is Cn1cc(-n2ccc(=O)c(Cc3cccc(-c4ncc(C5CCOC5)cn4)c3)n2)cn1. The Bertz CT molecular complexity index is 1260. The standard InChI is InChI=1S/C23H22N6O2/c1-28-14-20(13-26-28)29-7-5-22(30)21(27-29)10-16-3-2-4-17(9-16)23-24-11-19(12-25-23)18-6-8-31-15-18/h2-5,7,9,11-14,18H,6,8,10,15H2,1H3. The molecular weight excluding hydrogens is 392 g/mol. The fraction of sp³-hybridized carbons (Fsp3) is 0.261. The summed E-state index contributed by atoms with van der Waals surface area (Å²) in [6.07, 6.45) is 10.4. The molecule has 31 heavy (non-hydrogen) atoms. The highest BCUT2D eigenvalue weighted by atomic mass is 16.5. The van der Waals surface area contributed by atoms with Crippen LogP contribution >= 0.6 is 0 Å². The van der Waals surface area contributed by atoms with E-state index in [-0.39, 0.29) is 5.43 Å². The number of benzene rings is 1. The van der Waals surface area contributed by atoms with Crippen molar-refractivity contribution in [3.8, 4) is 17.1 Å². The maximum absolute atomic E-state index is 12.4. The van der Waals surface area contributed by atoms with Crippen LogP contribution in [0, 0.1) is 0 Å². The number of nitrogens with zero attached hydrogens (tertiary/aromatic N) is 6. The predicted octanol–water partition coefficient (Wildman–Crippen LogP) is 2.52. The average molecular weight is 414 g/mol. The lowest BCUT2D eigenvalue weighted by atomic mass is 10.0. The molecule has 0 amide bonds. The van der Waals surface area contributed by atoms with Gasteiger partial charge in [-0.3, -0.25) is 9.48 Å². The number of rotatable bonds is 5. The third-order valence-electron chi connectivity index (χ3n) is 5.47. The molecule has 1 aliphatic heterocycles. The molecule has 3 aromatic heterocycles. The normalized spacial score (nSPS) is 16.0. The molecule has 1 aromatic carbocycles. The summed E-state index contributed by atoms with van der Waals surface area (Å²) in [5.74, 6) is 1.05. The van der Waals surface area contributed by atoms with Gasteiger partial charge < -0.3 is 4.74 Å². The molecule has 0 spiro atoms. The lowest BCUT2D eigenvalue weighted by Gasteiger charge is -2.09. The number of hydrogen-bond acceptors (Lipinski definition) is 6. The van der Waals surface area contributed by atoms with E-state index in [1.807, 2.05) is 49.9 Å². The fourth-order valence-corrected chi connectivity index (χ4v) is 3.75. The van der Waals surface area contributed by atoms with E-state index in [2.05, 4.69) is 20.2 Å². The number of ether oxygens (including phenoxy) is 1. The van der Waals surface area contributed by atoms with Crippen LogP contribution in [0.15, 0.2) is 66.1 Å². The third-order valence-corrected chi connectivity index (χ3v) is 5.47. The van der Waals surface area contributed by atoms with Gasteiger partial charge in [-0.05, 0) is 23.6 Å². The highest BCUT2D eigenvalue weighted by molar-refractivity contribution is 5.56. The summed E-state index contributed by atoms with van der Waals surface area (Å²) >= 11 is 0. The summed E-state index contributed by atoms with van der Waals surface area (Å²) in [7, 11) is 1.84. The van der Waals surface area contributed by atoms with Crippen molar-refractivity contribution >= 4 is 0 Å². The van der Waals surface area contributed by atoms with Crippen LogP contribution in [0.1, 0.15) is 29.2 Å². The largest absolute Gasteiger partial charge is 0.381 e. The van der Waals surface area contributed by atoms with Gasteiger partial charge in [0.15, 0.2) is 5.82 Å². The van der Waals surface area contributed by atoms with Gasteiger partial charge in [-0.2, -0.15) is 10.2 Å². The molecule has 5 rings (SSSR count). The van der Waals surface area contributed by atoms with E-state index in [0.717, 1.165) is 42.0 Å². The van der Waals surface area contributed by atoms with Gasteiger partial charge in [0.2, 0.25) is 5.43 Å². The minimum Gasteiger partial charge on any atom is -0.381 e. The predicted molar refractivity (Wildman–Crippen MR) is 115 cm³/mol. The van der Waals surface area contributed by atoms with Crippen LogP contribution in [0.25, 0.3) is 17.1 Å². The zero-order valence-electron chi connectivity index (χ0n) is 17.2. The van der Waals surface area contributed by atoms with Crippen LogP contribution in [-0.2, 0) is 18.2 Å². The van der Waals surface area contributed by atoms with Crippen molar-refractivity contribution in [3.05, 3.63) is 88.4 Å². The van der Waals surface area contributed by atoms with Crippen molar-refractivity contribution in [1.29, 1.82) is 0 Å². The Balaban J connectivity index is 1.39. The van der Waals surface area contributed by atoms with E-state index in [1.165, 1.54) is 6.07 Å². The van der Waals surface area contributed by atoms with Gasteiger partial charge in [-0.15, -0.1) is 0 Å². The van der Waals surface area contributed by atoms with E-state index in [1.54, 1.807) is 21.8 Å². The first kappa shape index (κ1) is 19.3. The van der Waals surface area contributed by atoms with Crippen molar-refractivity contribution in [2.45, 2.75) is 18.8 Å². The summed E-state index contributed by atoms with van der Waals surface area (Å²) in [6.45, 7) is 1.53. The molecule has 1 saturated heterocycles. The summed E-state index contributed by atoms with van der Waals surface area (Å²) in [4.78, 5) is 21.5. The summed E-state index contributed by atoms with van der Waals surface area (Å²) < 4.78 is 8.82. The smallest absolute Gasteiger partial charge is 0.203 e. The van der Waals surface area contributed by atoms with Crippen molar-refractivity contribution in [3.63, 3.8) is 0 Å². The lowest BCUT2D eigenvalue weighted by Crippen LogP contribution is -2.16. The first-order chi connectivity index (χ1) is 15.2.